The van der Waals surface area contributed by atoms with E-state index in [1.165, 1.54) is 64.2 Å². The Morgan fingerprint density at radius 1 is 0.667 bits per heavy atom. The van der Waals surface area contributed by atoms with Crippen molar-refractivity contribution >= 4 is 0 Å². The molecule has 1 rings (SSSR count). The van der Waals surface area contributed by atoms with E-state index >= 15 is 0 Å². The Balaban J connectivity index is 2.20. The Kier molecular flexibility index (Phi) is 7.41. The average molecular weight is 210 g/mol. The molecule has 0 saturated heterocycles. The molecule has 0 aromatic heterocycles. The molecule has 0 aliphatic heterocycles. The fraction of sp³-hybridized carbons (Fsp3) is 0.857. The first-order valence-electron chi connectivity index (χ1n) is 6.77. The van der Waals surface area contributed by atoms with E-state index in [0.717, 1.165) is 12.8 Å². The molecule has 0 fully saturated rings. The van der Waals surface area contributed by atoms with Crippen LogP contribution in [0.25, 0.3) is 0 Å². The minimum Gasteiger partial charge on any atom is -0.513 e. The summed E-state index contributed by atoms with van der Waals surface area (Å²) in [7, 11) is 0. The van der Waals surface area contributed by atoms with Crippen molar-refractivity contribution in [3.63, 3.8) is 0 Å². The molecule has 1 aliphatic rings. The van der Waals surface area contributed by atoms with E-state index in [9.17, 15) is 5.11 Å². The molecule has 1 N–H and O–H groups in total. The molecule has 15 heavy (non-hydrogen) atoms. The molecule has 0 spiro atoms. The Labute approximate surface area is 94.6 Å². The summed E-state index contributed by atoms with van der Waals surface area (Å²) in [6, 6.07) is 0. The third kappa shape index (κ3) is 7.47. The molecule has 1 heteroatoms. The zero-order valence-electron chi connectivity index (χ0n) is 10.0. The van der Waals surface area contributed by atoms with Crippen LogP contribution in [0, 0.1) is 0 Å². The topological polar surface area (TPSA) is 20.2 Å². The molecule has 0 aromatic rings. The van der Waals surface area contributed by atoms with Crippen molar-refractivity contribution < 1.29 is 5.11 Å². The number of aliphatic hydroxyl groups is 1. The molecule has 0 amide bonds. The van der Waals surface area contributed by atoms with E-state index in [-0.39, 0.29) is 0 Å². The molecule has 0 atom stereocenters. The van der Waals surface area contributed by atoms with Crippen LogP contribution in [0.5, 0.6) is 0 Å². The third-order valence-electron chi connectivity index (χ3n) is 3.27. The van der Waals surface area contributed by atoms with Crippen LogP contribution in [0.3, 0.4) is 0 Å². The van der Waals surface area contributed by atoms with Crippen LogP contribution in [0.1, 0.15) is 77.0 Å². The van der Waals surface area contributed by atoms with Crippen LogP contribution in [0.4, 0.5) is 0 Å². The van der Waals surface area contributed by atoms with Gasteiger partial charge in [-0.15, -0.1) is 0 Å². The lowest BCUT2D eigenvalue weighted by Crippen LogP contribution is -1.87. The number of rotatable bonds is 0. The highest BCUT2D eigenvalue weighted by Crippen LogP contribution is 2.15. The zero-order valence-corrected chi connectivity index (χ0v) is 10.0. The summed E-state index contributed by atoms with van der Waals surface area (Å²) in [6.45, 7) is 0. The number of hydrogen-bond donors (Lipinski definition) is 1. The van der Waals surface area contributed by atoms with Gasteiger partial charge in [-0.1, -0.05) is 51.4 Å². The normalized spacial score (nSPS) is 26.3. The summed E-state index contributed by atoms with van der Waals surface area (Å²) in [5, 5.41) is 9.58. The second-order valence-electron chi connectivity index (χ2n) is 4.77. The zero-order chi connectivity index (χ0) is 10.8. The van der Waals surface area contributed by atoms with Gasteiger partial charge in [-0.05, 0) is 25.3 Å². The Morgan fingerprint density at radius 2 is 1.13 bits per heavy atom. The minimum atomic E-state index is 0.632. The van der Waals surface area contributed by atoms with Crippen molar-refractivity contribution in [3.05, 3.63) is 11.8 Å². The van der Waals surface area contributed by atoms with Gasteiger partial charge in [0.2, 0.25) is 0 Å². The highest BCUT2D eigenvalue weighted by molar-refractivity contribution is 4.90. The molecular weight excluding hydrogens is 184 g/mol. The molecule has 0 saturated carbocycles. The highest BCUT2D eigenvalue weighted by Gasteiger charge is 1.97. The van der Waals surface area contributed by atoms with E-state index in [1.54, 1.807) is 0 Å². The van der Waals surface area contributed by atoms with Crippen LogP contribution in [0.15, 0.2) is 11.8 Å². The van der Waals surface area contributed by atoms with Gasteiger partial charge >= 0.3 is 0 Å². The molecule has 1 nitrogen and oxygen atoms in total. The summed E-state index contributed by atoms with van der Waals surface area (Å²) >= 11 is 0. The first-order valence-corrected chi connectivity index (χ1v) is 6.77. The van der Waals surface area contributed by atoms with E-state index in [0.29, 0.717) is 5.76 Å². The van der Waals surface area contributed by atoms with Gasteiger partial charge in [0.05, 0.1) is 5.76 Å². The van der Waals surface area contributed by atoms with Crippen molar-refractivity contribution in [1.29, 1.82) is 0 Å². The maximum atomic E-state index is 9.58. The lowest BCUT2D eigenvalue weighted by Gasteiger charge is -2.05. The molecular formula is C14H26O. The van der Waals surface area contributed by atoms with Crippen molar-refractivity contribution in [2.75, 3.05) is 0 Å². The lowest BCUT2D eigenvalue weighted by atomic mass is 10.0. The Morgan fingerprint density at radius 3 is 1.73 bits per heavy atom. The number of allylic oxidation sites excluding steroid dienone is 2. The summed E-state index contributed by atoms with van der Waals surface area (Å²) in [4.78, 5) is 0. The van der Waals surface area contributed by atoms with Crippen LogP contribution >= 0.6 is 0 Å². The second kappa shape index (κ2) is 8.82. The highest BCUT2D eigenvalue weighted by atomic mass is 16.3. The molecule has 0 heterocycles. The van der Waals surface area contributed by atoms with Gasteiger partial charge in [-0.3, -0.25) is 0 Å². The summed E-state index contributed by atoms with van der Waals surface area (Å²) < 4.78 is 0. The van der Waals surface area contributed by atoms with E-state index in [4.69, 9.17) is 0 Å². The third-order valence-corrected chi connectivity index (χ3v) is 3.27. The molecule has 88 valence electrons. The molecule has 0 unspecified atom stereocenters. The summed E-state index contributed by atoms with van der Waals surface area (Å²) in [5.41, 5.74) is 0. The summed E-state index contributed by atoms with van der Waals surface area (Å²) in [6.07, 6.45) is 17.5. The van der Waals surface area contributed by atoms with Crippen LogP contribution in [-0.4, -0.2) is 5.11 Å². The fourth-order valence-corrected chi connectivity index (χ4v) is 2.24. The molecule has 0 bridgehead atoms. The predicted octanol–water partition coefficient (Wildman–Crippen LogP) is 5.12. The van der Waals surface area contributed by atoms with Gasteiger partial charge < -0.3 is 5.11 Å². The van der Waals surface area contributed by atoms with Gasteiger partial charge in [0.15, 0.2) is 0 Å². The Bertz CT molecular complexity index is 172. The maximum absolute atomic E-state index is 9.58. The van der Waals surface area contributed by atoms with Crippen LogP contribution in [-0.2, 0) is 0 Å². The SMILES string of the molecule is O/C1=C/CCCCCCCCCCCC1. The van der Waals surface area contributed by atoms with Crippen LogP contribution < -0.4 is 0 Å². The fourth-order valence-electron chi connectivity index (χ4n) is 2.24. The first-order chi connectivity index (χ1) is 7.39. The van der Waals surface area contributed by atoms with Crippen molar-refractivity contribution in [2.24, 2.45) is 0 Å². The van der Waals surface area contributed by atoms with Gasteiger partial charge in [0.1, 0.15) is 0 Å². The predicted molar refractivity (Wildman–Crippen MR) is 66.1 cm³/mol. The van der Waals surface area contributed by atoms with E-state index in [2.05, 4.69) is 0 Å². The largest absolute Gasteiger partial charge is 0.513 e. The van der Waals surface area contributed by atoms with Crippen molar-refractivity contribution in [3.8, 4) is 0 Å². The van der Waals surface area contributed by atoms with Crippen molar-refractivity contribution in [2.45, 2.75) is 77.0 Å². The van der Waals surface area contributed by atoms with Gasteiger partial charge in [0, 0.05) is 6.42 Å². The lowest BCUT2D eigenvalue weighted by molar-refractivity contribution is 0.376. The smallest absolute Gasteiger partial charge is 0.0882 e. The quantitative estimate of drug-likeness (QED) is 0.588. The van der Waals surface area contributed by atoms with Gasteiger partial charge in [0.25, 0.3) is 0 Å². The standard InChI is InChI=1S/C14H26O/c15-14-12-10-8-6-4-2-1-3-5-7-9-11-13-14/h12,15H,1-11,13H2/b14-12+. The molecule has 1 aliphatic carbocycles. The minimum absolute atomic E-state index is 0.632. The number of hydrogen-bond acceptors (Lipinski definition) is 1. The van der Waals surface area contributed by atoms with E-state index < -0.39 is 0 Å². The second-order valence-corrected chi connectivity index (χ2v) is 4.77. The Hall–Kier alpha value is -0.460. The summed E-state index contributed by atoms with van der Waals surface area (Å²) in [5.74, 6) is 0.632. The number of aliphatic hydroxyl groups excluding tert-OH is 1. The van der Waals surface area contributed by atoms with Gasteiger partial charge in [-0.25, -0.2) is 0 Å². The molecule has 0 aromatic carbocycles. The average Bonchev–Trinajstić information content (AvgIpc) is 2.24. The van der Waals surface area contributed by atoms with Crippen LogP contribution in [0.2, 0.25) is 0 Å². The maximum Gasteiger partial charge on any atom is 0.0882 e. The van der Waals surface area contributed by atoms with E-state index in [1.807, 2.05) is 6.08 Å². The first kappa shape index (κ1) is 12.6. The molecule has 0 radical (unpaired) electrons. The monoisotopic (exact) mass is 210 g/mol. The van der Waals surface area contributed by atoms with Crippen molar-refractivity contribution in [1.82, 2.24) is 0 Å². The van der Waals surface area contributed by atoms with Gasteiger partial charge in [-0.2, -0.15) is 0 Å².